The standard InChI is InChI=1S/C16H21ClN2O2/c1-10-4-5-11(8-12(10)17)9-15(21)18-13-6-7-14(20)19-16(13,2)3/h4-5,8,13H,6-7,9H2,1-3H3,(H,18,21)(H,19,20). The Bertz CT molecular complexity index is 569. The van der Waals surface area contributed by atoms with Crippen molar-refractivity contribution in [3.63, 3.8) is 0 Å². The summed E-state index contributed by atoms with van der Waals surface area (Å²) in [6.45, 7) is 5.79. The van der Waals surface area contributed by atoms with Gasteiger partial charge in [-0.1, -0.05) is 23.7 Å². The highest BCUT2D eigenvalue weighted by Crippen LogP contribution is 2.20. The second-order valence-corrected chi connectivity index (χ2v) is 6.60. The lowest BCUT2D eigenvalue weighted by Gasteiger charge is -2.39. The zero-order chi connectivity index (χ0) is 15.6. The Labute approximate surface area is 130 Å². The van der Waals surface area contributed by atoms with E-state index in [-0.39, 0.29) is 17.9 Å². The molecule has 2 rings (SSSR count). The molecule has 0 saturated carbocycles. The first-order chi connectivity index (χ1) is 9.78. The van der Waals surface area contributed by atoms with Crippen LogP contribution in [0.2, 0.25) is 5.02 Å². The smallest absolute Gasteiger partial charge is 0.224 e. The molecule has 1 fully saturated rings. The van der Waals surface area contributed by atoms with Gasteiger partial charge in [-0.05, 0) is 44.4 Å². The predicted molar refractivity (Wildman–Crippen MR) is 83.3 cm³/mol. The maximum absolute atomic E-state index is 12.2. The van der Waals surface area contributed by atoms with Crippen LogP contribution >= 0.6 is 11.6 Å². The monoisotopic (exact) mass is 308 g/mol. The summed E-state index contributed by atoms with van der Waals surface area (Å²) in [5.74, 6) is -0.0139. The lowest BCUT2D eigenvalue weighted by Crippen LogP contribution is -2.62. The third kappa shape index (κ3) is 3.97. The highest BCUT2D eigenvalue weighted by Gasteiger charge is 2.36. The molecular weight excluding hydrogens is 288 g/mol. The van der Waals surface area contributed by atoms with Gasteiger partial charge in [0.05, 0.1) is 18.0 Å². The van der Waals surface area contributed by atoms with Gasteiger partial charge < -0.3 is 10.6 Å². The summed E-state index contributed by atoms with van der Waals surface area (Å²) in [4.78, 5) is 23.6. The Balaban J connectivity index is 1.98. The summed E-state index contributed by atoms with van der Waals surface area (Å²) in [6, 6.07) is 5.60. The molecule has 2 amide bonds. The average molecular weight is 309 g/mol. The molecule has 1 aromatic carbocycles. The van der Waals surface area contributed by atoms with Crippen LogP contribution in [0.1, 0.15) is 37.8 Å². The molecular formula is C16H21ClN2O2. The van der Waals surface area contributed by atoms with E-state index in [2.05, 4.69) is 10.6 Å². The fourth-order valence-electron chi connectivity index (χ4n) is 2.57. The molecule has 0 spiro atoms. The molecule has 0 bridgehead atoms. The van der Waals surface area contributed by atoms with Crippen molar-refractivity contribution in [1.82, 2.24) is 10.6 Å². The zero-order valence-corrected chi connectivity index (χ0v) is 13.4. The summed E-state index contributed by atoms with van der Waals surface area (Å²) in [7, 11) is 0. The van der Waals surface area contributed by atoms with Gasteiger partial charge in [0.2, 0.25) is 11.8 Å². The highest BCUT2D eigenvalue weighted by molar-refractivity contribution is 6.31. The van der Waals surface area contributed by atoms with E-state index in [9.17, 15) is 9.59 Å². The van der Waals surface area contributed by atoms with Gasteiger partial charge in [0.25, 0.3) is 0 Å². The first-order valence-electron chi connectivity index (χ1n) is 7.13. The summed E-state index contributed by atoms with van der Waals surface area (Å²) in [5.41, 5.74) is 1.47. The van der Waals surface area contributed by atoms with Gasteiger partial charge in [0, 0.05) is 11.4 Å². The van der Waals surface area contributed by atoms with E-state index in [1.165, 1.54) is 0 Å². The third-order valence-electron chi connectivity index (χ3n) is 3.93. The molecule has 1 unspecified atom stereocenters. The van der Waals surface area contributed by atoms with Crippen molar-refractivity contribution < 1.29 is 9.59 Å². The second kappa shape index (κ2) is 6.06. The van der Waals surface area contributed by atoms with Crippen molar-refractivity contribution in [3.05, 3.63) is 34.3 Å². The number of rotatable bonds is 3. The van der Waals surface area contributed by atoms with Crippen LogP contribution in [0, 0.1) is 6.92 Å². The Hall–Kier alpha value is -1.55. The van der Waals surface area contributed by atoms with Crippen LogP contribution in [0.5, 0.6) is 0 Å². The molecule has 0 aromatic heterocycles. The summed E-state index contributed by atoms with van der Waals surface area (Å²) < 4.78 is 0. The Kier molecular flexibility index (Phi) is 4.57. The van der Waals surface area contributed by atoms with E-state index in [0.29, 0.717) is 24.3 Å². The number of hydrogen-bond donors (Lipinski definition) is 2. The van der Waals surface area contributed by atoms with Gasteiger partial charge in [-0.2, -0.15) is 0 Å². The van der Waals surface area contributed by atoms with Gasteiger partial charge in [0.15, 0.2) is 0 Å². The van der Waals surface area contributed by atoms with E-state index < -0.39 is 5.54 Å². The topological polar surface area (TPSA) is 58.2 Å². The van der Waals surface area contributed by atoms with Crippen LogP contribution in [0.4, 0.5) is 0 Å². The lowest BCUT2D eigenvalue weighted by atomic mass is 9.86. The highest BCUT2D eigenvalue weighted by atomic mass is 35.5. The average Bonchev–Trinajstić information content (AvgIpc) is 2.37. The van der Waals surface area contributed by atoms with Crippen LogP contribution in [0.15, 0.2) is 18.2 Å². The maximum Gasteiger partial charge on any atom is 0.224 e. The number of carbonyl (C=O) groups is 2. The number of nitrogens with one attached hydrogen (secondary N) is 2. The van der Waals surface area contributed by atoms with Gasteiger partial charge in [-0.25, -0.2) is 0 Å². The molecule has 1 heterocycles. The first-order valence-corrected chi connectivity index (χ1v) is 7.51. The SMILES string of the molecule is Cc1ccc(CC(=O)NC2CCC(=O)NC2(C)C)cc1Cl. The zero-order valence-electron chi connectivity index (χ0n) is 12.6. The van der Waals surface area contributed by atoms with E-state index >= 15 is 0 Å². The van der Waals surface area contributed by atoms with E-state index in [0.717, 1.165) is 11.1 Å². The first kappa shape index (κ1) is 15.8. The molecule has 2 N–H and O–H groups in total. The molecule has 1 aliphatic rings. The van der Waals surface area contributed by atoms with Crippen molar-refractivity contribution in [2.75, 3.05) is 0 Å². The number of carbonyl (C=O) groups excluding carboxylic acids is 2. The summed E-state index contributed by atoms with van der Waals surface area (Å²) >= 11 is 6.07. The van der Waals surface area contributed by atoms with Gasteiger partial charge in [0.1, 0.15) is 0 Å². The van der Waals surface area contributed by atoms with Crippen LogP contribution in [0.25, 0.3) is 0 Å². The normalized spacial score (nSPS) is 20.8. The van der Waals surface area contributed by atoms with Crippen molar-refractivity contribution in [1.29, 1.82) is 0 Å². The van der Waals surface area contributed by atoms with Crippen molar-refractivity contribution in [2.24, 2.45) is 0 Å². The molecule has 1 atom stereocenters. The molecule has 5 heteroatoms. The fraction of sp³-hybridized carbons (Fsp3) is 0.500. The minimum absolute atomic E-state index is 0.0378. The Morgan fingerprint density at radius 2 is 2.19 bits per heavy atom. The molecule has 4 nitrogen and oxygen atoms in total. The molecule has 1 saturated heterocycles. The maximum atomic E-state index is 12.2. The molecule has 21 heavy (non-hydrogen) atoms. The van der Waals surface area contributed by atoms with E-state index in [1.807, 2.05) is 39.0 Å². The largest absolute Gasteiger partial charge is 0.351 e. The number of piperidine rings is 1. The minimum Gasteiger partial charge on any atom is -0.351 e. The van der Waals surface area contributed by atoms with E-state index in [1.54, 1.807) is 0 Å². The molecule has 0 aliphatic carbocycles. The van der Waals surface area contributed by atoms with E-state index in [4.69, 9.17) is 11.6 Å². The van der Waals surface area contributed by atoms with Crippen molar-refractivity contribution >= 4 is 23.4 Å². The second-order valence-electron chi connectivity index (χ2n) is 6.19. The third-order valence-corrected chi connectivity index (χ3v) is 4.34. The van der Waals surface area contributed by atoms with Gasteiger partial charge in [-0.3, -0.25) is 9.59 Å². The Morgan fingerprint density at radius 1 is 1.48 bits per heavy atom. The summed E-state index contributed by atoms with van der Waals surface area (Å²) in [6.07, 6.45) is 1.41. The molecule has 1 aliphatic heterocycles. The number of aryl methyl sites for hydroxylation is 1. The lowest BCUT2D eigenvalue weighted by molar-refractivity contribution is -0.128. The number of benzene rings is 1. The number of amides is 2. The fourth-order valence-corrected chi connectivity index (χ4v) is 2.78. The van der Waals surface area contributed by atoms with Crippen LogP contribution in [0.3, 0.4) is 0 Å². The molecule has 1 aromatic rings. The Morgan fingerprint density at radius 3 is 2.81 bits per heavy atom. The van der Waals surface area contributed by atoms with Crippen LogP contribution in [-0.4, -0.2) is 23.4 Å². The van der Waals surface area contributed by atoms with Crippen LogP contribution in [-0.2, 0) is 16.0 Å². The molecule has 114 valence electrons. The minimum atomic E-state index is -0.421. The van der Waals surface area contributed by atoms with Gasteiger partial charge >= 0.3 is 0 Å². The number of halogens is 1. The molecule has 0 radical (unpaired) electrons. The predicted octanol–water partition coefficient (Wildman–Crippen LogP) is 2.36. The number of hydrogen-bond acceptors (Lipinski definition) is 2. The summed E-state index contributed by atoms with van der Waals surface area (Å²) in [5, 5.41) is 6.60. The van der Waals surface area contributed by atoms with Crippen molar-refractivity contribution in [2.45, 2.75) is 51.6 Å². The van der Waals surface area contributed by atoms with Crippen molar-refractivity contribution in [3.8, 4) is 0 Å². The quantitative estimate of drug-likeness (QED) is 0.900. The van der Waals surface area contributed by atoms with Gasteiger partial charge in [-0.15, -0.1) is 0 Å². The van der Waals surface area contributed by atoms with Crippen LogP contribution < -0.4 is 10.6 Å².